The van der Waals surface area contributed by atoms with E-state index >= 15 is 0 Å². The first-order valence-corrected chi connectivity index (χ1v) is 13.4. The Hall–Kier alpha value is -3.57. The fraction of sp³-hybridized carbons (Fsp3) is 0.379. The number of aryl methyl sites for hydroxylation is 1. The fourth-order valence-corrected chi connectivity index (χ4v) is 4.98. The van der Waals surface area contributed by atoms with Gasteiger partial charge in [-0.25, -0.2) is 0 Å². The summed E-state index contributed by atoms with van der Waals surface area (Å²) in [5.74, 6) is 0.160. The van der Waals surface area contributed by atoms with Crippen molar-refractivity contribution in [2.24, 2.45) is 0 Å². The Kier molecular flexibility index (Phi) is 11.0. The number of hydrogen-bond donors (Lipinski definition) is 0. The smallest absolute Gasteiger partial charge is 0.416 e. The van der Waals surface area contributed by atoms with E-state index in [0.29, 0.717) is 31.0 Å². The van der Waals surface area contributed by atoms with Gasteiger partial charge in [0.25, 0.3) is 5.91 Å². The number of rotatable bonds is 13. The van der Waals surface area contributed by atoms with Gasteiger partial charge in [0.1, 0.15) is 6.54 Å². The second kappa shape index (κ2) is 14.2. The van der Waals surface area contributed by atoms with Gasteiger partial charge in [0.15, 0.2) is 11.5 Å². The van der Waals surface area contributed by atoms with Crippen molar-refractivity contribution in [3.63, 3.8) is 0 Å². The van der Waals surface area contributed by atoms with E-state index in [1.54, 1.807) is 25.2 Å². The highest BCUT2D eigenvalue weighted by Crippen LogP contribution is 2.30. The van der Waals surface area contributed by atoms with Gasteiger partial charge in [-0.05, 0) is 66.2 Å². The van der Waals surface area contributed by atoms with Gasteiger partial charge in [-0.15, -0.1) is 11.3 Å². The van der Waals surface area contributed by atoms with Gasteiger partial charge in [0.05, 0.1) is 32.9 Å². The summed E-state index contributed by atoms with van der Waals surface area (Å²) in [5.41, 5.74) is 0.894. The molecule has 2 amide bonds. The summed E-state index contributed by atoms with van der Waals surface area (Å²) in [6.07, 6.45) is -4.08. The van der Waals surface area contributed by atoms with Crippen LogP contribution in [0.2, 0.25) is 0 Å². The third-order valence-electron chi connectivity index (χ3n) is 6.39. The molecule has 0 saturated heterocycles. The lowest BCUT2D eigenvalue weighted by Gasteiger charge is -2.28. The average molecular weight is 579 g/mol. The van der Waals surface area contributed by atoms with Gasteiger partial charge >= 0.3 is 6.18 Å². The lowest BCUT2D eigenvalue weighted by Crippen LogP contribution is -2.44. The number of thiophene rings is 1. The van der Waals surface area contributed by atoms with Crippen LogP contribution in [-0.4, -0.2) is 69.2 Å². The third-order valence-corrected chi connectivity index (χ3v) is 7.40. The molecule has 0 atom stereocenters. The summed E-state index contributed by atoms with van der Waals surface area (Å²) in [5, 5.41) is 1.95. The lowest BCUT2D eigenvalue weighted by atomic mass is 10.1. The molecule has 1 heterocycles. The fourth-order valence-electron chi connectivity index (χ4n) is 4.06. The Morgan fingerprint density at radius 3 is 2.30 bits per heavy atom. The van der Waals surface area contributed by atoms with Gasteiger partial charge in [0.2, 0.25) is 5.91 Å². The zero-order valence-electron chi connectivity index (χ0n) is 22.9. The first-order chi connectivity index (χ1) is 19.1. The van der Waals surface area contributed by atoms with Crippen LogP contribution in [0.5, 0.6) is 11.5 Å². The molecule has 216 valence electrons. The molecule has 0 unspecified atom stereocenters. The van der Waals surface area contributed by atoms with Crippen LogP contribution < -0.4 is 9.47 Å². The number of benzene rings is 2. The van der Waals surface area contributed by atoms with E-state index in [1.165, 1.54) is 35.5 Å². The van der Waals surface area contributed by atoms with Crippen LogP contribution in [0.1, 0.15) is 31.9 Å². The molecule has 3 rings (SSSR count). The first-order valence-electron chi connectivity index (χ1n) is 12.5. The van der Waals surface area contributed by atoms with E-state index in [0.717, 1.165) is 28.1 Å². The monoisotopic (exact) mass is 578 g/mol. The molecule has 0 aliphatic carbocycles. The minimum absolute atomic E-state index is 0.0405. The Morgan fingerprint density at radius 2 is 1.68 bits per heavy atom. The van der Waals surface area contributed by atoms with Crippen molar-refractivity contribution in [2.45, 2.75) is 26.1 Å². The molecule has 0 N–H and O–H groups in total. The predicted octanol–water partition coefficient (Wildman–Crippen LogP) is 5.45. The topological polar surface area (TPSA) is 68.3 Å². The molecule has 11 heteroatoms. The highest BCUT2D eigenvalue weighted by Gasteiger charge is 2.32. The molecule has 0 saturated carbocycles. The van der Waals surface area contributed by atoms with Crippen molar-refractivity contribution >= 4 is 23.2 Å². The van der Waals surface area contributed by atoms with Crippen molar-refractivity contribution in [3.05, 3.63) is 81.0 Å². The second-order valence-corrected chi connectivity index (χ2v) is 10.1. The van der Waals surface area contributed by atoms with Gasteiger partial charge in [-0.1, -0.05) is 12.1 Å². The second-order valence-electron chi connectivity index (χ2n) is 9.08. The van der Waals surface area contributed by atoms with E-state index in [1.807, 2.05) is 30.5 Å². The van der Waals surface area contributed by atoms with E-state index in [2.05, 4.69) is 0 Å². The van der Waals surface area contributed by atoms with Crippen molar-refractivity contribution < 1.29 is 37.0 Å². The van der Waals surface area contributed by atoms with E-state index in [9.17, 15) is 22.8 Å². The van der Waals surface area contributed by atoms with Crippen LogP contribution in [0.4, 0.5) is 13.2 Å². The molecule has 0 spiro atoms. The van der Waals surface area contributed by atoms with Crippen LogP contribution in [0.25, 0.3) is 0 Å². The maximum atomic E-state index is 13.6. The summed E-state index contributed by atoms with van der Waals surface area (Å²) in [6.45, 7) is 2.50. The summed E-state index contributed by atoms with van der Waals surface area (Å²) in [6, 6.07) is 11.7. The largest absolute Gasteiger partial charge is 0.493 e. The summed E-state index contributed by atoms with van der Waals surface area (Å²) in [7, 11) is 4.55. The zero-order valence-corrected chi connectivity index (χ0v) is 23.7. The molecule has 7 nitrogen and oxygen atoms in total. The maximum absolute atomic E-state index is 13.6. The third kappa shape index (κ3) is 8.22. The Bertz CT molecular complexity index is 1290. The van der Waals surface area contributed by atoms with Crippen LogP contribution in [0.3, 0.4) is 0 Å². The minimum Gasteiger partial charge on any atom is -0.493 e. The number of carbonyl (C=O) groups is 2. The van der Waals surface area contributed by atoms with Gasteiger partial charge < -0.3 is 24.0 Å². The molecule has 1 aromatic heterocycles. The average Bonchev–Trinajstić information content (AvgIpc) is 3.35. The van der Waals surface area contributed by atoms with Crippen LogP contribution in [0, 0.1) is 6.92 Å². The lowest BCUT2D eigenvalue weighted by molar-refractivity contribution is -0.137. The number of halogens is 3. The van der Waals surface area contributed by atoms with Gasteiger partial charge in [-0.2, -0.15) is 13.2 Å². The van der Waals surface area contributed by atoms with Crippen molar-refractivity contribution in [3.8, 4) is 11.5 Å². The van der Waals surface area contributed by atoms with Gasteiger partial charge in [-0.3, -0.25) is 9.59 Å². The summed E-state index contributed by atoms with van der Waals surface area (Å²) >= 11 is 1.53. The number of alkyl halides is 3. The van der Waals surface area contributed by atoms with E-state index in [4.69, 9.17) is 14.2 Å². The Morgan fingerprint density at radius 1 is 0.925 bits per heavy atom. The number of methoxy groups -OCH3 is 3. The maximum Gasteiger partial charge on any atom is 0.416 e. The van der Waals surface area contributed by atoms with Crippen molar-refractivity contribution in [2.75, 3.05) is 47.6 Å². The zero-order chi connectivity index (χ0) is 29.3. The highest BCUT2D eigenvalue weighted by molar-refractivity contribution is 7.10. The van der Waals surface area contributed by atoms with E-state index < -0.39 is 17.6 Å². The standard InChI is InChI=1S/C29H33F3N2O5S/c1-20-11-15-40-26(20)18-33(12-10-21-8-9-24(38-3)25(16-21)39-4)27(35)19-34(13-14-37-2)28(36)22-6-5-7-23(17-22)29(30,31)32/h5-9,11,15-17H,10,12-14,18-19H2,1-4H3. The number of amides is 2. The normalized spacial score (nSPS) is 11.3. The van der Waals surface area contributed by atoms with Crippen LogP contribution in [-0.2, 0) is 28.7 Å². The van der Waals surface area contributed by atoms with Crippen LogP contribution >= 0.6 is 11.3 Å². The van der Waals surface area contributed by atoms with Crippen molar-refractivity contribution in [1.29, 1.82) is 0 Å². The number of ether oxygens (including phenoxy) is 3. The molecule has 0 fully saturated rings. The highest BCUT2D eigenvalue weighted by atomic mass is 32.1. The molecule has 40 heavy (non-hydrogen) atoms. The molecule has 0 radical (unpaired) electrons. The Balaban J connectivity index is 1.83. The summed E-state index contributed by atoms with van der Waals surface area (Å²) in [4.78, 5) is 30.8. The number of nitrogens with zero attached hydrogens (tertiary/aromatic N) is 2. The first kappa shape index (κ1) is 31.0. The summed E-state index contributed by atoms with van der Waals surface area (Å²) < 4.78 is 55.6. The minimum atomic E-state index is -4.59. The van der Waals surface area contributed by atoms with E-state index in [-0.39, 0.29) is 31.2 Å². The molecule has 0 bridgehead atoms. The van der Waals surface area contributed by atoms with Crippen LogP contribution in [0.15, 0.2) is 53.9 Å². The Labute approximate surface area is 236 Å². The molecule has 0 aliphatic heterocycles. The molecule has 3 aromatic rings. The predicted molar refractivity (Wildman–Crippen MR) is 147 cm³/mol. The molecule has 2 aromatic carbocycles. The quantitative estimate of drug-likeness (QED) is 0.270. The number of hydrogen-bond acceptors (Lipinski definition) is 6. The molecular weight excluding hydrogens is 545 g/mol. The molecule has 0 aliphatic rings. The number of carbonyl (C=O) groups excluding carboxylic acids is 2. The molecular formula is C29H33F3N2O5S. The SMILES string of the molecule is COCCN(CC(=O)N(CCc1ccc(OC)c(OC)c1)Cc1sccc1C)C(=O)c1cccc(C(F)(F)F)c1. The van der Waals surface area contributed by atoms with Crippen molar-refractivity contribution in [1.82, 2.24) is 9.80 Å². The van der Waals surface area contributed by atoms with Gasteiger partial charge in [0, 0.05) is 30.6 Å².